The first-order chi connectivity index (χ1) is 13.1. The van der Waals surface area contributed by atoms with Gasteiger partial charge in [0.05, 0.1) is 25.7 Å². The minimum Gasteiger partial charge on any atom is -0.497 e. The number of hydrogen-bond donors (Lipinski definition) is 1. The van der Waals surface area contributed by atoms with Crippen molar-refractivity contribution in [2.45, 2.75) is 5.16 Å². The topological polar surface area (TPSA) is 91.2 Å². The molecule has 0 saturated heterocycles. The van der Waals surface area contributed by atoms with Crippen molar-refractivity contribution in [3.8, 4) is 17.2 Å². The Bertz CT molecular complexity index is 910. The van der Waals surface area contributed by atoms with Crippen LogP contribution in [0, 0.1) is 0 Å². The summed E-state index contributed by atoms with van der Waals surface area (Å²) in [4.78, 5) is 12.3. The number of benzene rings is 2. The molecule has 1 aromatic heterocycles. The summed E-state index contributed by atoms with van der Waals surface area (Å²) in [5.41, 5.74) is 1.33. The van der Waals surface area contributed by atoms with Crippen molar-refractivity contribution in [2.75, 3.05) is 25.3 Å². The standard InChI is InChI=1S/C17H16ClN5O3S/c1-25-14-7-12(8-15(9-14)26-2)19-16(24)10-27-17-20-21-22-23(17)13-5-3-11(18)4-6-13/h3-9H,10H2,1-2H3,(H,19,24). The summed E-state index contributed by atoms with van der Waals surface area (Å²) in [7, 11) is 3.10. The number of amides is 1. The SMILES string of the molecule is COc1cc(NC(=O)CSc2nnnn2-c2ccc(Cl)cc2)cc(OC)c1. The normalized spacial score (nSPS) is 10.5. The van der Waals surface area contributed by atoms with E-state index in [-0.39, 0.29) is 11.7 Å². The molecule has 0 saturated carbocycles. The van der Waals surface area contributed by atoms with Crippen LogP contribution >= 0.6 is 23.4 Å². The van der Waals surface area contributed by atoms with Crippen LogP contribution in [-0.2, 0) is 4.79 Å². The van der Waals surface area contributed by atoms with E-state index in [1.165, 1.54) is 11.8 Å². The molecular formula is C17H16ClN5O3S. The summed E-state index contributed by atoms with van der Waals surface area (Å²) in [6, 6.07) is 12.2. The molecule has 140 valence electrons. The first-order valence-electron chi connectivity index (χ1n) is 7.79. The first kappa shape index (κ1) is 19.0. The zero-order valence-corrected chi connectivity index (χ0v) is 16.1. The quantitative estimate of drug-likeness (QED) is 0.604. The Morgan fingerprint density at radius 2 is 1.81 bits per heavy atom. The van der Waals surface area contributed by atoms with E-state index in [2.05, 4.69) is 20.8 Å². The van der Waals surface area contributed by atoms with Crippen molar-refractivity contribution in [1.82, 2.24) is 20.2 Å². The molecule has 0 aliphatic rings. The van der Waals surface area contributed by atoms with E-state index in [4.69, 9.17) is 21.1 Å². The predicted molar refractivity (Wildman–Crippen MR) is 103 cm³/mol. The maximum absolute atomic E-state index is 12.3. The third kappa shape index (κ3) is 4.89. The lowest BCUT2D eigenvalue weighted by Gasteiger charge is -2.10. The highest BCUT2D eigenvalue weighted by atomic mass is 35.5. The molecular weight excluding hydrogens is 390 g/mol. The van der Waals surface area contributed by atoms with Crippen LogP contribution in [0.3, 0.4) is 0 Å². The van der Waals surface area contributed by atoms with Crippen LogP contribution in [0.2, 0.25) is 5.02 Å². The second-order valence-electron chi connectivity index (χ2n) is 5.29. The minimum atomic E-state index is -0.207. The molecule has 3 rings (SSSR count). The van der Waals surface area contributed by atoms with Crippen LogP contribution in [-0.4, -0.2) is 46.1 Å². The lowest BCUT2D eigenvalue weighted by molar-refractivity contribution is -0.113. The van der Waals surface area contributed by atoms with E-state index >= 15 is 0 Å². The highest BCUT2D eigenvalue weighted by molar-refractivity contribution is 7.99. The Morgan fingerprint density at radius 3 is 2.44 bits per heavy atom. The van der Waals surface area contributed by atoms with Crippen molar-refractivity contribution in [1.29, 1.82) is 0 Å². The van der Waals surface area contributed by atoms with Gasteiger partial charge in [-0.25, -0.2) is 0 Å². The van der Waals surface area contributed by atoms with E-state index in [0.717, 1.165) is 5.69 Å². The summed E-state index contributed by atoms with van der Waals surface area (Å²) in [6.45, 7) is 0. The number of hydrogen-bond acceptors (Lipinski definition) is 7. The number of nitrogens with zero attached hydrogens (tertiary/aromatic N) is 4. The summed E-state index contributed by atoms with van der Waals surface area (Å²) < 4.78 is 11.9. The average Bonchev–Trinajstić information content (AvgIpc) is 3.15. The number of aromatic nitrogens is 4. The third-order valence-electron chi connectivity index (χ3n) is 3.48. The van der Waals surface area contributed by atoms with E-state index < -0.39 is 0 Å². The Labute approximate surface area is 164 Å². The van der Waals surface area contributed by atoms with Crippen molar-refractivity contribution in [3.63, 3.8) is 0 Å². The number of carbonyl (C=O) groups is 1. The molecule has 1 amide bonds. The van der Waals surface area contributed by atoms with Crippen LogP contribution in [0.15, 0.2) is 47.6 Å². The van der Waals surface area contributed by atoms with E-state index in [1.807, 2.05) is 0 Å². The molecule has 1 heterocycles. The molecule has 0 spiro atoms. The van der Waals surface area contributed by atoms with E-state index in [9.17, 15) is 4.79 Å². The molecule has 0 fully saturated rings. The monoisotopic (exact) mass is 405 g/mol. The molecule has 10 heteroatoms. The van der Waals surface area contributed by atoms with Gasteiger partial charge in [-0.3, -0.25) is 4.79 Å². The molecule has 0 atom stereocenters. The highest BCUT2D eigenvalue weighted by Crippen LogP contribution is 2.26. The van der Waals surface area contributed by atoms with Crippen LogP contribution in [0.5, 0.6) is 11.5 Å². The zero-order valence-electron chi connectivity index (χ0n) is 14.5. The Kier molecular flexibility index (Phi) is 6.15. The van der Waals surface area contributed by atoms with E-state index in [1.54, 1.807) is 61.4 Å². The maximum Gasteiger partial charge on any atom is 0.234 e. The van der Waals surface area contributed by atoms with Gasteiger partial charge >= 0.3 is 0 Å². The van der Waals surface area contributed by atoms with Gasteiger partial charge in [0, 0.05) is 28.9 Å². The molecule has 1 N–H and O–H groups in total. The Balaban J connectivity index is 1.65. The van der Waals surface area contributed by atoms with Gasteiger partial charge in [-0.15, -0.1) is 5.10 Å². The number of nitrogens with one attached hydrogen (secondary N) is 1. The fourth-order valence-corrected chi connectivity index (χ4v) is 3.04. The first-order valence-corrected chi connectivity index (χ1v) is 9.15. The van der Waals surface area contributed by atoms with Gasteiger partial charge in [-0.05, 0) is 34.7 Å². The molecule has 2 aromatic carbocycles. The van der Waals surface area contributed by atoms with Crippen LogP contribution in [0.4, 0.5) is 5.69 Å². The van der Waals surface area contributed by atoms with E-state index in [0.29, 0.717) is 27.4 Å². The average molecular weight is 406 g/mol. The number of thioether (sulfide) groups is 1. The third-order valence-corrected chi connectivity index (χ3v) is 4.65. The second-order valence-corrected chi connectivity index (χ2v) is 6.67. The number of halogens is 1. The molecule has 27 heavy (non-hydrogen) atoms. The number of ether oxygens (including phenoxy) is 2. The number of carbonyl (C=O) groups excluding carboxylic acids is 1. The van der Waals surface area contributed by atoms with Crippen molar-refractivity contribution in [2.24, 2.45) is 0 Å². The summed E-state index contributed by atoms with van der Waals surface area (Å²) in [6.07, 6.45) is 0. The Hall–Kier alpha value is -2.78. The Morgan fingerprint density at radius 1 is 1.15 bits per heavy atom. The van der Waals surface area contributed by atoms with Gasteiger partial charge in [-0.1, -0.05) is 23.4 Å². The van der Waals surface area contributed by atoms with Gasteiger partial charge in [0.25, 0.3) is 0 Å². The van der Waals surface area contributed by atoms with Crippen LogP contribution < -0.4 is 14.8 Å². The van der Waals surface area contributed by atoms with Crippen molar-refractivity contribution < 1.29 is 14.3 Å². The fraction of sp³-hybridized carbons (Fsp3) is 0.176. The maximum atomic E-state index is 12.3. The molecule has 0 radical (unpaired) electrons. The van der Waals surface area contributed by atoms with Crippen molar-refractivity contribution >= 4 is 35.0 Å². The van der Waals surface area contributed by atoms with Crippen LogP contribution in [0.25, 0.3) is 5.69 Å². The summed E-state index contributed by atoms with van der Waals surface area (Å²) in [5.74, 6) is 1.10. The minimum absolute atomic E-state index is 0.132. The molecule has 3 aromatic rings. The lowest BCUT2D eigenvalue weighted by atomic mass is 10.2. The van der Waals surface area contributed by atoms with Gasteiger partial charge in [0.2, 0.25) is 11.1 Å². The molecule has 8 nitrogen and oxygen atoms in total. The van der Waals surface area contributed by atoms with Crippen LogP contribution in [0.1, 0.15) is 0 Å². The number of rotatable bonds is 7. The predicted octanol–water partition coefficient (Wildman–Crippen LogP) is 3.06. The van der Waals surface area contributed by atoms with Gasteiger partial charge in [0.1, 0.15) is 11.5 Å². The second kappa shape index (κ2) is 8.74. The molecule has 0 aliphatic heterocycles. The summed E-state index contributed by atoms with van der Waals surface area (Å²) >= 11 is 7.12. The smallest absolute Gasteiger partial charge is 0.234 e. The molecule has 0 unspecified atom stereocenters. The van der Waals surface area contributed by atoms with Gasteiger partial charge in [-0.2, -0.15) is 4.68 Å². The molecule has 0 bridgehead atoms. The highest BCUT2D eigenvalue weighted by Gasteiger charge is 2.12. The van der Waals surface area contributed by atoms with Gasteiger partial charge in [0.15, 0.2) is 0 Å². The summed E-state index contributed by atoms with van der Waals surface area (Å²) in [5, 5.41) is 15.5. The fourth-order valence-electron chi connectivity index (χ4n) is 2.22. The number of anilines is 1. The zero-order chi connectivity index (χ0) is 19.2. The molecule has 0 aliphatic carbocycles. The van der Waals surface area contributed by atoms with Crippen molar-refractivity contribution in [3.05, 3.63) is 47.5 Å². The number of tetrazole rings is 1. The van der Waals surface area contributed by atoms with Gasteiger partial charge < -0.3 is 14.8 Å². The largest absolute Gasteiger partial charge is 0.497 e. The number of methoxy groups -OCH3 is 2. The lowest BCUT2D eigenvalue weighted by Crippen LogP contribution is -2.14.